The van der Waals surface area contributed by atoms with Gasteiger partial charge in [-0.2, -0.15) is 0 Å². The van der Waals surface area contributed by atoms with E-state index in [1.165, 1.54) is 47.9 Å². The van der Waals surface area contributed by atoms with E-state index in [9.17, 15) is 0 Å². The molecule has 0 radical (unpaired) electrons. The molecule has 0 aromatic heterocycles. The maximum atomic E-state index is 3.66. The highest BCUT2D eigenvalue weighted by Gasteiger charge is 2.40. The van der Waals surface area contributed by atoms with Gasteiger partial charge < -0.3 is 5.32 Å². The molecule has 3 aliphatic rings. The summed E-state index contributed by atoms with van der Waals surface area (Å²) in [4.78, 5) is 0. The molecule has 35 heavy (non-hydrogen) atoms. The molecule has 4 aromatic rings. The van der Waals surface area contributed by atoms with Gasteiger partial charge in [0, 0.05) is 11.4 Å². The van der Waals surface area contributed by atoms with Crippen molar-refractivity contribution in [2.75, 3.05) is 5.32 Å². The van der Waals surface area contributed by atoms with Crippen LogP contribution in [0.4, 0.5) is 11.4 Å². The molecule has 1 N–H and O–H groups in total. The predicted octanol–water partition coefficient (Wildman–Crippen LogP) is 7.80. The second kappa shape index (κ2) is 7.96. The summed E-state index contributed by atoms with van der Waals surface area (Å²) >= 11 is 0. The summed E-state index contributed by atoms with van der Waals surface area (Å²) in [7, 11) is -1.59. The number of hydrogen-bond donors (Lipinski definition) is 1. The van der Waals surface area contributed by atoms with Gasteiger partial charge in [0.1, 0.15) is 8.07 Å². The number of anilines is 2. The van der Waals surface area contributed by atoms with Gasteiger partial charge in [-0.15, -0.1) is 0 Å². The number of nitrogens with one attached hydrogen (secondary N) is 1. The molecule has 2 fully saturated rings. The Balaban J connectivity index is 1.13. The summed E-state index contributed by atoms with van der Waals surface area (Å²) in [5.41, 5.74) is 9.35. The van der Waals surface area contributed by atoms with Crippen molar-refractivity contribution in [3.8, 4) is 22.3 Å². The normalized spacial score (nSPS) is 23.2. The smallest absolute Gasteiger partial charge is 0.113 e. The van der Waals surface area contributed by atoms with Crippen LogP contribution in [-0.2, 0) is 0 Å². The SMILES string of the molecule is C[Si]1(C)c2ccccc2-c2cc(Nc3ccc(-c4cccc(C5CC6CCC5C6)c4)cc3)ccc21. The molecule has 2 saturated carbocycles. The fraction of sp³-hybridized carbons (Fsp3) is 0.273. The molecule has 174 valence electrons. The highest BCUT2D eigenvalue weighted by molar-refractivity contribution is 7.03. The maximum Gasteiger partial charge on any atom is 0.113 e. The van der Waals surface area contributed by atoms with Crippen molar-refractivity contribution < 1.29 is 0 Å². The van der Waals surface area contributed by atoms with E-state index in [-0.39, 0.29) is 0 Å². The van der Waals surface area contributed by atoms with Crippen LogP contribution in [0.5, 0.6) is 0 Å². The zero-order valence-electron chi connectivity index (χ0n) is 20.7. The van der Waals surface area contributed by atoms with E-state index in [1.54, 1.807) is 15.9 Å². The average molecular weight is 472 g/mol. The minimum absolute atomic E-state index is 0.785. The van der Waals surface area contributed by atoms with Gasteiger partial charge in [-0.25, -0.2) is 0 Å². The second-order valence-electron chi connectivity index (χ2n) is 11.5. The Hall–Kier alpha value is -3.10. The lowest BCUT2D eigenvalue weighted by atomic mass is 9.82. The van der Waals surface area contributed by atoms with Gasteiger partial charge in [-0.1, -0.05) is 86.2 Å². The van der Waals surface area contributed by atoms with Crippen molar-refractivity contribution in [2.24, 2.45) is 11.8 Å². The zero-order valence-corrected chi connectivity index (χ0v) is 21.7. The molecule has 3 atom stereocenters. The van der Waals surface area contributed by atoms with Crippen LogP contribution in [0.15, 0.2) is 91.0 Å². The number of fused-ring (bicyclic) bond motifs is 5. The second-order valence-corrected chi connectivity index (χ2v) is 15.9. The fourth-order valence-corrected chi connectivity index (χ4v) is 10.4. The Morgan fingerprint density at radius 3 is 2.26 bits per heavy atom. The Bertz CT molecular complexity index is 1420. The highest BCUT2D eigenvalue weighted by Crippen LogP contribution is 2.53. The van der Waals surface area contributed by atoms with E-state index in [1.807, 2.05) is 0 Å². The lowest BCUT2D eigenvalue weighted by Crippen LogP contribution is -2.49. The van der Waals surface area contributed by atoms with Crippen molar-refractivity contribution in [2.45, 2.75) is 44.7 Å². The van der Waals surface area contributed by atoms with Crippen LogP contribution >= 0.6 is 0 Å². The van der Waals surface area contributed by atoms with E-state index in [4.69, 9.17) is 0 Å². The number of rotatable bonds is 4. The van der Waals surface area contributed by atoms with Gasteiger partial charge in [0.25, 0.3) is 0 Å². The first-order valence-electron chi connectivity index (χ1n) is 13.3. The third-order valence-corrected chi connectivity index (χ3v) is 12.7. The molecule has 0 amide bonds. The third-order valence-electron chi connectivity index (χ3n) is 9.14. The zero-order chi connectivity index (χ0) is 23.6. The Labute approximate surface area is 210 Å². The summed E-state index contributed by atoms with van der Waals surface area (Å²) in [5, 5.41) is 6.77. The van der Waals surface area contributed by atoms with Gasteiger partial charge in [0.15, 0.2) is 0 Å². The van der Waals surface area contributed by atoms with Crippen molar-refractivity contribution in [3.05, 3.63) is 96.6 Å². The lowest BCUT2D eigenvalue weighted by molar-refractivity contribution is 0.420. The quantitative estimate of drug-likeness (QED) is 0.299. The van der Waals surface area contributed by atoms with Gasteiger partial charge in [0.2, 0.25) is 0 Å². The molecule has 0 spiro atoms. The summed E-state index contributed by atoms with van der Waals surface area (Å²) in [6, 6.07) is 34.3. The largest absolute Gasteiger partial charge is 0.356 e. The van der Waals surface area contributed by atoms with Crippen LogP contribution in [0.2, 0.25) is 13.1 Å². The van der Waals surface area contributed by atoms with Gasteiger partial charge in [-0.3, -0.25) is 0 Å². The third kappa shape index (κ3) is 3.50. The first kappa shape index (κ1) is 21.2. The van der Waals surface area contributed by atoms with Crippen LogP contribution in [0.3, 0.4) is 0 Å². The molecule has 1 aliphatic heterocycles. The van der Waals surface area contributed by atoms with Crippen LogP contribution in [0.1, 0.15) is 37.2 Å². The monoisotopic (exact) mass is 471 g/mol. The van der Waals surface area contributed by atoms with Crippen molar-refractivity contribution >= 4 is 29.8 Å². The molecule has 2 bridgehead atoms. The summed E-state index contributed by atoms with van der Waals surface area (Å²) in [5.74, 6) is 2.70. The van der Waals surface area contributed by atoms with Crippen LogP contribution in [0.25, 0.3) is 22.3 Å². The van der Waals surface area contributed by atoms with Crippen LogP contribution < -0.4 is 15.7 Å². The van der Waals surface area contributed by atoms with E-state index in [2.05, 4.69) is 109 Å². The minimum Gasteiger partial charge on any atom is -0.356 e. The van der Waals surface area contributed by atoms with Crippen LogP contribution in [0, 0.1) is 11.8 Å². The molecular formula is C33H33NSi. The van der Waals surface area contributed by atoms with E-state index < -0.39 is 8.07 Å². The van der Waals surface area contributed by atoms with E-state index >= 15 is 0 Å². The van der Waals surface area contributed by atoms with E-state index in [0.29, 0.717) is 0 Å². The molecule has 2 heteroatoms. The first-order chi connectivity index (χ1) is 17.1. The maximum absolute atomic E-state index is 3.66. The van der Waals surface area contributed by atoms with Gasteiger partial charge in [0.05, 0.1) is 0 Å². The lowest BCUT2D eigenvalue weighted by Gasteiger charge is -2.22. The molecule has 4 aromatic carbocycles. The fourth-order valence-electron chi connectivity index (χ4n) is 7.31. The van der Waals surface area contributed by atoms with Gasteiger partial charge >= 0.3 is 0 Å². The molecule has 1 nitrogen and oxygen atoms in total. The summed E-state index contributed by atoms with van der Waals surface area (Å²) in [6.45, 7) is 4.94. The molecule has 1 heterocycles. The molecule has 0 saturated heterocycles. The van der Waals surface area contributed by atoms with Crippen molar-refractivity contribution in [1.29, 1.82) is 0 Å². The minimum atomic E-state index is -1.59. The predicted molar refractivity (Wildman–Crippen MR) is 152 cm³/mol. The highest BCUT2D eigenvalue weighted by atomic mass is 28.3. The van der Waals surface area contributed by atoms with Gasteiger partial charge in [-0.05, 0) is 99.5 Å². The number of benzene rings is 4. The topological polar surface area (TPSA) is 12.0 Å². The molecule has 7 rings (SSSR count). The van der Waals surface area contributed by atoms with Crippen molar-refractivity contribution in [3.63, 3.8) is 0 Å². The average Bonchev–Trinajstić information content (AvgIpc) is 3.58. The molecular weight excluding hydrogens is 438 g/mol. The Kier molecular flexibility index (Phi) is 4.82. The standard InChI is InChI=1S/C33H33NSi/c1-35(2)32-9-4-3-8-29(32)31-21-28(16-17-33(31)35)34-27-14-12-23(13-15-27)24-6-5-7-25(20-24)30-19-22-10-11-26(30)18-22/h3-9,12-17,20-22,26,30,34H,10-11,18-19H2,1-2H3. The Morgan fingerprint density at radius 1 is 0.657 bits per heavy atom. The number of hydrogen-bond acceptors (Lipinski definition) is 1. The summed E-state index contributed by atoms with van der Waals surface area (Å²) in [6.07, 6.45) is 5.77. The van der Waals surface area contributed by atoms with Crippen LogP contribution in [-0.4, -0.2) is 8.07 Å². The van der Waals surface area contributed by atoms with E-state index in [0.717, 1.165) is 29.1 Å². The first-order valence-corrected chi connectivity index (χ1v) is 16.3. The molecule has 3 unspecified atom stereocenters. The Morgan fingerprint density at radius 2 is 1.46 bits per heavy atom. The summed E-state index contributed by atoms with van der Waals surface area (Å²) < 4.78 is 0. The molecule has 2 aliphatic carbocycles. The van der Waals surface area contributed by atoms with Crippen molar-refractivity contribution in [1.82, 2.24) is 0 Å².